The first-order valence-corrected chi connectivity index (χ1v) is 24.3. The first kappa shape index (κ1) is 37.4. The quantitative estimate of drug-likeness (QED) is 0.0818. The van der Waals surface area contributed by atoms with Crippen LogP contribution < -0.4 is 5.56 Å². The second kappa shape index (κ2) is 13.9. The number of benzene rings is 1. The Morgan fingerprint density at radius 2 is 1.79 bits per heavy atom. The van der Waals surface area contributed by atoms with Gasteiger partial charge in [-0.05, 0) is 67.3 Å². The molecular weight excluding hydrogens is 721 g/mol. The van der Waals surface area contributed by atoms with Crippen LogP contribution >= 0.6 is 0 Å². The lowest BCUT2D eigenvalue weighted by Crippen LogP contribution is -2.25. The number of imidazole rings is 1. The number of pyridine rings is 2. The summed E-state index contributed by atoms with van der Waals surface area (Å²) < 4.78 is 67.2. The lowest BCUT2D eigenvalue weighted by molar-refractivity contribution is 0.0833. The number of nitriles is 1. The first-order valence-electron chi connectivity index (χ1n) is 16.8. The monoisotopic (exact) mass is 762 g/mol. The molecule has 1 saturated carbocycles. The van der Waals surface area contributed by atoms with Gasteiger partial charge in [0.05, 0.1) is 28.5 Å². The lowest BCUT2D eigenvalue weighted by Gasteiger charge is -2.19. The lowest BCUT2D eigenvalue weighted by atomic mass is 9.96. The summed E-state index contributed by atoms with van der Waals surface area (Å²) in [5.74, 6) is 1.01. The molecule has 0 N–H and O–H groups in total. The van der Waals surface area contributed by atoms with Crippen LogP contribution in [0.2, 0.25) is 25.7 Å². The van der Waals surface area contributed by atoms with Crippen LogP contribution in [0.1, 0.15) is 48.7 Å². The molecule has 5 aromatic rings. The van der Waals surface area contributed by atoms with E-state index in [0.29, 0.717) is 29.1 Å². The van der Waals surface area contributed by atoms with Gasteiger partial charge in [-0.1, -0.05) is 25.7 Å². The van der Waals surface area contributed by atoms with Crippen molar-refractivity contribution in [3.05, 3.63) is 82.3 Å². The van der Waals surface area contributed by atoms with Crippen molar-refractivity contribution in [3.63, 3.8) is 0 Å². The van der Waals surface area contributed by atoms with E-state index in [9.17, 15) is 26.9 Å². The largest absolute Gasteiger partial charge is 0.361 e. The van der Waals surface area contributed by atoms with E-state index in [1.807, 2.05) is 29.9 Å². The summed E-state index contributed by atoms with van der Waals surface area (Å²) >= 11 is 0. The molecular formula is C36H42N6O7S2Si. The molecule has 0 bridgehead atoms. The number of ether oxygens (including phenoxy) is 1. The Kier molecular flexibility index (Phi) is 9.96. The second-order valence-corrected chi connectivity index (χ2v) is 23.8. The minimum absolute atomic E-state index is 0.0159. The summed E-state index contributed by atoms with van der Waals surface area (Å²) in [6.07, 6.45) is 7.52. The van der Waals surface area contributed by atoms with E-state index in [4.69, 9.17) is 13.9 Å². The fourth-order valence-corrected chi connectivity index (χ4v) is 8.45. The molecule has 1 aliphatic rings. The van der Waals surface area contributed by atoms with Crippen molar-refractivity contribution >= 4 is 38.9 Å². The average Bonchev–Trinajstić information content (AvgIpc) is 3.71. The summed E-state index contributed by atoms with van der Waals surface area (Å²) in [5, 5.41) is 9.84. The molecule has 1 aromatic carbocycles. The van der Waals surface area contributed by atoms with E-state index in [-0.39, 0.29) is 40.0 Å². The second-order valence-electron chi connectivity index (χ2n) is 14.6. The predicted molar refractivity (Wildman–Crippen MR) is 201 cm³/mol. The fraction of sp³-hybridized carbons (Fsp3) is 0.389. The van der Waals surface area contributed by atoms with Gasteiger partial charge in [0.25, 0.3) is 15.7 Å². The highest BCUT2D eigenvalue weighted by atomic mass is 32.2. The molecule has 52 heavy (non-hydrogen) atoms. The maximum Gasteiger partial charge on any atom is 0.280 e. The molecule has 0 aliphatic heterocycles. The highest BCUT2D eigenvalue weighted by Gasteiger charge is 2.30. The first-order chi connectivity index (χ1) is 24.3. The van der Waals surface area contributed by atoms with Crippen LogP contribution in [0.25, 0.3) is 39.2 Å². The molecule has 13 nitrogen and oxygen atoms in total. The van der Waals surface area contributed by atoms with Gasteiger partial charge in [0, 0.05) is 69.1 Å². The smallest absolute Gasteiger partial charge is 0.280 e. The molecule has 0 amide bonds. The number of fused-ring (bicyclic) bond motifs is 1. The number of aryl methyl sites for hydroxylation is 1. The zero-order valence-corrected chi connectivity index (χ0v) is 32.9. The third-order valence-electron chi connectivity index (χ3n) is 9.01. The van der Waals surface area contributed by atoms with Gasteiger partial charge in [-0.3, -0.25) is 13.5 Å². The summed E-state index contributed by atoms with van der Waals surface area (Å²) in [6.45, 7) is 8.41. The third-order valence-corrected chi connectivity index (χ3v) is 12.5. The van der Waals surface area contributed by atoms with E-state index in [1.165, 1.54) is 28.3 Å². The van der Waals surface area contributed by atoms with E-state index >= 15 is 0 Å². The number of hydrogen-bond acceptors (Lipinski definition) is 10. The fourth-order valence-electron chi connectivity index (χ4n) is 6.21. The molecule has 0 spiro atoms. The average molecular weight is 763 g/mol. The molecule has 274 valence electrons. The topological polar surface area (TPSA) is 168 Å². The predicted octanol–water partition coefficient (Wildman–Crippen LogP) is 5.76. The molecule has 4 heterocycles. The van der Waals surface area contributed by atoms with Crippen molar-refractivity contribution in [2.75, 3.05) is 19.1 Å². The Labute approximate surface area is 304 Å². The van der Waals surface area contributed by atoms with Gasteiger partial charge in [0.1, 0.15) is 30.0 Å². The highest BCUT2D eigenvalue weighted by molar-refractivity contribution is 7.91. The minimum atomic E-state index is -3.95. The van der Waals surface area contributed by atoms with Crippen molar-refractivity contribution in [1.82, 2.24) is 23.7 Å². The molecule has 16 heteroatoms. The zero-order chi connectivity index (χ0) is 37.7. The van der Waals surface area contributed by atoms with Crippen molar-refractivity contribution in [1.29, 1.82) is 5.26 Å². The van der Waals surface area contributed by atoms with Crippen LogP contribution in [0, 0.1) is 11.3 Å². The zero-order valence-electron chi connectivity index (χ0n) is 30.2. The van der Waals surface area contributed by atoms with Gasteiger partial charge in [-0.15, -0.1) is 0 Å². The van der Waals surface area contributed by atoms with Crippen LogP contribution in [0.3, 0.4) is 0 Å². The number of aromatic nitrogens is 5. The SMILES string of the molecule is CC(OS(C)(=O)=O)c1cc2c(S(C)(=O)=O)cn(-c3cc(-c4ccc(C#N)cc4-c4nccn4C)cc(C4CC4)n3)c(=O)c2n1COCC[Si](C)(C)C. The van der Waals surface area contributed by atoms with Crippen molar-refractivity contribution in [2.24, 2.45) is 7.05 Å². The van der Waals surface area contributed by atoms with Gasteiger partial charge in [0.15, 0.2) is 9.84 Å². The normalized spacial score (nSPS) is 14.5. The molecule has 1 unspecified atom stereocenters. The van der Waals surface area contributed by atoms with Crippen molar-refractivity contribution < 1.29 is 25.8 Å². The number of rotatable bonds is 13. The number of hydrogen-bond donors (Lipinski definition) is 0. The Hall–Kier alpha value is -4.40. The molecule has 6 rings (SSSR count). The van der Waals surface area contributed by atoms with Crippen LogP contribution in [-0.2, 0) is 42.7 Å². The van der Waals surface area contributed by atoms with E-state index < -0.39 is 39.7 Å². The van der Waals surface area contributed by atoms with Crippen LogP contribution in [0.4, 0.5) is 0 Å². The summed E-state index contributed by atoms with van der Waals surface area (Å²) in [7, 11) is -7.49. The maximum atomic E-state index is 14.7. The summed E-state index contributed by atoms with van der Waals surface area (Å²) in [4.78, 5) is 24.0. The van der Waals surface area contributed by atoms with Gasteiger partial charge in [-0.25, -0.2) is 18.4 Å². The van der Waals surface area contributed by atoms with E-state index in [1.54, 1.807) is 24.4 Å². The van der Waals surface area contributed by atoms with Crippen molar-refractivity contribution in [3.8, 4) is 34.4 Å². The Morgan fingerprint density at radius 1 is 1.06 bits per heavy atom. The molecule has 1 aliphatic carbocycles. The van der Waals surface area contributed by atoms with Crippen LogP contribution in [-0.4, -0.2) is 67.7 Å². The van der Waals surface area contributed by atoms with Gasteiger partial charge < -0.3 is 13.9 Å². The highest BCUT2D eigenvalue weighted by Crippen LogP contribution is 2.42. The molecule has 0 saturated heterocycles. The Bertz CT molecular complexity index is 2520. The summed E-state index contributed by atoms with van der Waals surface area (Å²) in [6, 6.07) is 13.5. The van der Waals surface area contributed by atoms with Gasteiger partial charge in [0.2, 0.25) is 0 Å². The molecule has 0 radical (unpaired) electrons. The van der Waals surface area contributed by atoms with Gasteiger partial charge >= 0.3 is 0 Å². The number of sulfone groups is 1. The molecule has 1 atom stereocenters. The van der Waals surface area contributed by atoms with Crippen molar-refractivity contribution in [2.45, 2.75) is 69.1 Å². The van der Waals surface area contributed by atoms with E-state index in [0.717, 1.165) is 42.7 Å². The van der Waals surface area contributed by atoms with Crippen LogP contribution in [0.15, 0.2) is 64.7 Å². The van der Waals surface area contributed by atoms with E-state index in [2.05, 4.69) is 30.7 Å². The minimum Gasteiger partial charge on any atom is -0.361 e. The maximum absolute atomic E-state index is 14.7. The Balaban J connectivity index is 1.61. The molecule has 4 aromatic heterocycles. The number of nitrogens with zero attached hydrogens (tertiary/aromatic N) is 6. The standard InChI is InChI=1S/C36H42N6O7S2Si/c1-23(49-51(4,46)47)31-19-29-32(50(3,44)45)21-41(36(43)34(29)42(31)22-48-14-15-52(5,6)7)33-18-26(17-30(39-33)25-9-10-25)27-11-8-24(20-37)16-28(27)35-38-12-13-40(35)2/h8,11-13,16-19,21,23,25H,9-10,14-15,22H2,1-7H3. The van der Waals surface area contributed by atoms with Gasteiger partial charge in [-0.2, -0.15) is 13.7 Å². The van der Waals surface area contributed by atoms with Crippen LogP contribution in [0.5, 0.6) is 0 Å². The Morgan fingerprint density at radius 3 is 2.38 bits per heavy atom. The molecule has 1 fully saturated rings. The summed E-state index contributed by atoms with van der Waals surface area (Å²) in [5.41, 5.74) is 3.09. The third kappa shape index (κ3) is 7.98.